The minimum Gasteiger partial charge on any atom is -0.481 e. The van der Waals surface area contributed by atoms with E-state index in [-0.39, 0.29) is 18.9 Å². The Kier molecular flexibility index (Phi) is 10.7. The van der Waals surface area contributed by atoms with E-state index >= 15 is 0 Å². The zero-order chi connectivity index (χ0) is 21.1. The Bertz CT molecular complexity index is 565. The molecule has 0 radical (unpaired) electrons. The largest absolute Gasteiger partial charge is 0.481 e. The molecule has 11 heteroatoms. The Hall–Kier alpha value is -2.69. The zero-order valence-electron chi connectivity index (χ0n) is 15.7. The second-order valence-corrected chi connectivity index (χ2v) is 6.41. The monoisotopic (exact) mass is 388 g/mol. The number of hydrogen-bond acceptors (Lipinski definition) is 6. The van der Waals surface area contributed by atoms with Gasteiger partial charge in [0.15, 0.2) is 0 Å². The first kappa shape index (κ1) is 24.3. The van der Waals surface area contributed by atoms with Gasteiger partial charge in [0.1, 0.15) is 18.1 Å². The van der Waals surface area contributed by atoms with Crippen molar-refractivity contribution in [3.8, 4) is 0 Å². The molecular formula is C16H28N4O7. The average molecular weight is 388 g/mol. The molecule has 3 atom stereocenters. The van der Waals surface area contributed by atoms with E-state index in [0.717, 1.165) is 0 Å². The first-order chi connectivity index (χ1) is 12.5. The van der Waals surface area contributed by atoms with E-state index in [2.05, 4.69) is 16.0 Å². The van der Waals surface area contributed by atoms with Crippen molar-refractivity contribution >= 4 is 29.7 Å². The highest BCUT2D eigenvalue weighted by Crippen LogP contribution is 2.05. The van der Waals surface area contributed by atoms with Crippen LogP contribution in [0.3, 0.4) is 0 Å². The highest BCUT2D eigenvalue weighted by molar-refractivity contribution is 5.93. The Morgan fingerprint density at radius 1 is 0.926 bits per heavy atom. The molecule has 0 aromatic heterocycles. The molecule has 0 heterocycles. The van der Waals surface area contributed by atoms with Gasteiger partial charge in [-0.2, -0.15) is 0 Å². The van der Waals surface area contributed by atoms with Crippen molar-refractivity contribution in [2.75, 3.05) is 6.54 Å². The van der Waals surface area contributed by atoms with Gasteiger partial charge in [-0.1, -0.05) is 13.8 Å². The average Bonchev–Trinajstić information content (AvgIpc) is 2.54. The van der Waals surface area contributed by atoms with Crippen LogP contribution in [0.5, 0.6) is 0 Å². The highest BCUT2D eigenvalue weighted by Gasteiger charge is 2.30. The van der Waals surface area contributed by atoms with Gasteiger partial charge >= 0.3 is 11.9 Å². The van der Waals surface area contributed by atoms with Gasteiger partial charge in [-0.05, 0) is 25.3 Å². The fraction of sp³-hybridized carbons (Fsp3) is 0.688. The molecule has 154 valence electrons. The van der Waals surface area contributed by atoms with E-state index in [0.29, 0.717) is 6.42 Å². The minimum atomic E-state index is -1.64. The summed E-state index contributed by atoms with van der Waals surface area (Å²) >= 11 is 0. The van der Waals surface area contributed by atoms with Gasteiger partial charge in [-0.25, -0.2) is 4.79 Å². The summed E-state index contributed by atoms with van der Waals surface area (Å²) < 4.78 is 0. The van der Waals surface area contributed by atoms with Crippen LogP contribution in [0.2, 0.25) is 0 Å². The fourth-order valence-corrected chi connectivity index (χ4v) is 2.25. The number of carboxylic acid groups (broad SMARTS) is 2. The third kappa shape index (κ3) is 9.54. The maximum Gasteiger partial charge on any atom is 0.326 e. The van der Waals surface area contributed by atoms with Crippen LogP contribution in [0.25, 0.3) is 0 Å². The molecule has 11 nitrogen and oxygen atoms in total. The fourth-order valence-electron chi connectivity index (χ4n) is 2.25. The van der Waals surface area contributed by atoms with Gasteiger partial charge in [-0.15, -0.1) is 0 Å². The van der Waals surface area contributed by atoms with Crippen molar-refractivity contribution < 1.29 is 34.2 Å². The van der Waals surface area contributed by atoms with E-state index in [1.807, 2.05) is 0 Å². The van der Waals surface area contributed by atoms with E-state index in [4.69, 9.17) is 15.9 Å². The molecular weight excluding hydrogens is 360 g/mol. The van der Waals surface area contributed by atoms with Gasteiger partial charge in [0, 0.05) is 6.92 Å². The molecule has 0 saturated carbocycles. The van der Waals surface area contributed by atoms with Crippen LogP contribution in [0.4, 0.5) is 0 Å². The summed E-state index contributed by atoms with van der Waals surface area (Å²) in [7, 11) is 0. The summed E-state index contributed by atoms with van der Waals surface area (Å²) in [6.45, 7) is 4.91. The van der Waals surface area contributed by atoms with Crippen molar-refractivity contribution in [2.24, 2.45) is 11.7 Å². The Morgan fingerprint density at radius 3 is 1.89 bits per heavy atom. The molecule has 0 fully saturated rings. The van der Waals surface area contributed by atoms with Crippen LogP contribution < -0.4 is 21.7 Å². The predicted molar refractivity (Wildman–Crippen MR) is 94.5 cm³/mol. The SMILES string of the molecule is CC(=O)N[C@H](C(=O)N[C@@H](CCCN)C(=O)N[C@@H](CC(=O)O)C(=O)O)C(C)C. The number of amides is 3. The quantitative estimate of drug-likeness (QED) is 0.231. The van der Waals surface area contributed by atoms with Crippen molar-refractivity contribution in [3.63, 3.8) is 0 Å². The Balaban J connectivity index is 5.25. The van der Waals surface area contributed by atoms with Gasteiger partial charge in [0.2, 0.25) is 17.7 Å². The van der Waals surface area contributed by atoms with Crippen molar-refractivity contribution in [1.82, 2.24) is 16.0 Å². The summed E-state index contributed by atoms with van der Waals surface area (Å²) in [6.07, 6.45) is -0.320. The molecule has 0 aromatic carbocycles. The van der Waals surface area contributed by atoms with E-state index in [1.54, 1.807) is 13.8 Å². The lowest BCUT2D eigenvalue weighted by molar-refractivity contribution is -0.147. The van der Waals surface area contributed by atoms with Crippen molar-refractivity contribution in [3.05, 3.63) is 0 Å². The van der Waals surface area contributed by atoms with Crippen LogP contribution in [0.15, 0.2) is 0 Å². The first-order valence-corrected chi connectivity index (χ1v) is 8.52. The minimum absolute atomic E-state index is 0.123. The van der Waals surface area contributed by atoms with Crippen LogP contribution in [0, 0.1) is 5.92 Å². The maximum atomic E-state index is 12.4. The standard InChI is InChI=1S/C16H28N4O7/c1-8(2)13(18-9(3)21)15(25)19-10(5-4-6-17)14(24)20-11(16(26)27)7-12(22)23/h8,10-11,13H,4-7,17H2,1-3H3,(H,18,21)(H,19,25)(H,20,24)(H,22,23)(H,26,27)/t10-,11-,13-/m0/s1. The zero-order valence-corrected chi connectivity index (χ0v) is 15.7. The van der Waals surface area contributed by atoms with Gasteiger partial charge in [0.25, 0.3) is 0 Å². The second-order valence-electron chi connectivity index (χ2n) is 6.41. The maximum absolute atomic E-state index is 12.4. The molecule has 3 amide bonds. The molecule has 0 unspecified atom stereocenters. The Morgan fingerprint density at radius 2 is 1.48 bits per heavy atom. The van der Waals surface area contributed by atoms with Crippen LogP contribution in [0.1, 0.15) is 40.0 Å². The Labute approximate surface area is 157 Å². The normalized spacial score (nSPS) is 14.0. The lowest BCUT2D eigenvalue weighted by Gasteiger charge is -2.25. The molecule has 7 N–H and O–H groups in total. The van der Waals surface area contributed by atoms with Gasteiger partial charge < -0.3 is 31.9 Å². The number of aliphatic carboxylic acids is 2. The summed E-state index contributed by atoms with van der Waals surface area (Å²) in [5.74, 6) is -5.02. The number of nitrogens with one attached hydrogen (secondary N) is 3. The summed E-state index contributed by atoms with van der Waals surface area (Å²) in [5.41, 5.74) is 5.42. The van der Waals surface area contributed by atoms with Crippen LogP contribution in [-0.4, -0.2) is 64.5 Å². The third-order valence-electron chi connectivity index (χ3n) is 3.63. The molecule has 0 saturated heterocycles. The molecule has 0 spiro atoms. The number of rotatable bonds is 12. The third-order valence-corrected chi connectivity index (χ3v) is 3.63. The van der Waals surface area contributed by atoms with Crippen LogP contribution in [-0.2, 0) is 24.0 Å². The summed E-state index contributed by atoms with van der Waals surface area (Å²) in [6, 6.07) is -3.64. The number of carboxylic acids is 2. The number of hydrogen-bond donors (Lipinski definition) is 6. The van der Waals surface area contributed by atoms with Crippen LogP contribution >= 0.6 is 0 Å². The molecule has 0 aliphatic heterocycles. The van der Waals surface area contributed by atoms with Gasteiger partial charge in [-0.3, -0.25) is 19.2 Å². The van der Waals surface area contributed by atoms with Gasteiger partial charge in [0.05, 0.1) is 6.42 Å². The topological polar surface area (TPSA) is 188 Å². The molecule has 27 heavy (non-hydrogen) atoms. The van der Waals surface area contributed by atoms with E-state index < -0.39 is 54.2 Å². The summed E-state index contributed by atoms with van der Waals surface area (Å²) in [4.78, 5) is 58.0. The molecule has 0 bridgehead atoms. The number of carbonyl (C=O) groups excluding carboxylic acids is 3. The highest BCUT2D eigenvalue weighted by atomic mass is 16.4. The van der Waals surface area contributed by atoms with Crippen molar-refractivity contribution in [2.45, 2.75) is 58.2 Å². The molecule has 0 aliphatic rings. The number of nitrogens with two attached hydrogens (primary N) is 1. The molecule has 0 aliphatic carbocycles. The summed E-state index contributed by atoms with van der Waals surface area (Å²) in [5, 5.41) is 24.9. The van der Waals surface area contributed by atoms with E-state index in [9.17, 15) is 24.0 Å². The number of carbonyl (C=O) groups is 5. The lowest BCUT2D eigenvalue weighted by Crippen LogP contribution is -2.57. The lowest BCUT2D eigenvalue weighted by atomic mass is 10.0. The van der Waals surface area contributed by atoms with Crippen molar-refractivity contribution in [1.29, 1.82) is 0 Å². The smallest absolute Gasteiger partial charge is 0.326 e. The predicted octanol–water partition coefficient (Wildman–Crippen LogP) is -1.59. The second kappa shape index (κ2) is 11.8. The molecule has 0 aromatic rings. The first-order valence-electron chi connectivity index (χ1n) is 8.52. The molecule has 0 rings (SSSR count). The van der Waals surface area contributed by atoms with E-state index in [1.165, 1.54) is 6.92 Å².